The van der Waals surface area contributed by atoms with Crippen molar-refractivity contribution < 1.29 is 14.3 Å². The van der Waals surface area contributed by atoms with Gasteiger partial charge in [0.25, 0.3) is 0 Å². The van der Waals surface area contributed by atoms with Gasteiger partial charge in [-0.3, -0.25) is 0 Å². The summed E-state index contributed by atoms with van der Waals surface area (Å²) in [6.07, 6.45) is 0.682. The quantitative estimate of drug-likeness (QED) is 0.698. The van der Waals surface area contributed by atoms with Gasteiger partial charge in [-0.15, -0.1) is 0 Å². The Morgan fingerprint density at radius 3 is 2.54 bits per heavy atom. The molecule has 0 heterocycles. The molecule has 0 radical (unpaired) electrons. The summed E-state index contributed by atoms with van der Waals surface area (Å²) in [6.45, 7) is 3.53. The van der Waals surface area contributed by atoms with Crippen molar-refractivity contribution >= 4 is 23.3 Å². The average molecular weight is 349 g/mol. The van der Waals surface area contributed by atoms with Crippen LogP contribution in [-0.2, 0) is 0 Å². The van der Waals surface area contributed by atoms with E-state index < -0.39 is 0 Å². The van der Waals surface area contributed by atoms with Gasteiger partial charge in [-0.25, -0.2) is 4.79 Å². The number of carbonyl (C=O) groups is 1. The number of halogens is 1. The summed E-state index contributed by atoms with van der Waals surface area (Å²) in [5, 5.41) is 6.12. The van der Waals surface area contributed by atoms with Crippen LogP contribution in [0.2, 0.25) is 5.02 Å². The molecular weight excluding hydrogens is 328 g/mol. The summed E-state index contributed by atoms with van der Waals surface area (Å²) in [5.41, 5.74) is 0.711. The van der Waals surface area contributed by atoms with Crippen LogP contribution in [-0.4, -0.2) is 25.8 Å². The lowest BCUT2D eigenvalue weighted by molar-refractivity contribution is 0.250. The Hall–Kier alpha value is -2.40. The van der Waals surface area contributed by atoms with E-state index in [-0.39, 0.29) is 6.03 Å². The highest BCUT2D eigenvalue weighted by molar-refractivity contribution is 6.32. The summed E-state index contributed by atoms with van der Waals surface area (Å²) in [5.74, 6) is 1.43. The van der Waals surface area contributed by atoms with E-state index in [1.54, 1.807) is 18.2 Å². The van der Waals surface area contributed by atoms with Gasteiger partial charge in [0.1, 0.15) is 11.5 Å². The zero-order chi connectivity index (χ0) is 17.2. The van der Waals surface area contributed by atoms with Crippen molar-refractivity contribution in [2.45, 2.75) is 13.3 Å². The minimum absolute atomic E-state index is 0.253. The van der Waals surface area contributed by atoms with E-state index in [2.05, 4.69) is 10.6 Å². The predicted molar refractivity (Wildman–Crippen MR) is 96.2 cm³/mol. The van der Waals surface area contributed by atoms with Gasteiger partial charge in [0.2, 0.25) is 0 Å². The monoisotopic (exact) mass is 348 g/mol. The number of urea groups is 1. The Morgan fingerprint density at radius 2 is 1.83 bits per heavy atom. The number of amides is 2. The number of carbonyl (C=O) groups excluding carboxylic acids is 1. The molecule has 128 valence electrons. The summed E-state index contributed by atoms with van der Waals surface area (Å²) < 4.78 is 10.9. The molecule has 5 nitrogen and oxygen atoms in total. The third kappa shape index (κ3) is 6.01. The van der Waals surface area contributed by atoms with Crippen molar-refractivity contribution in [2.75, 3.05) is 25.1 Å². The van der Waals surface area contributed by atoms with E-state index in [4.69, 9.17) is 21.1 Å². The van der Waals surface area contributed by atoms with Gasteiger partial charge >= 0.3 is 6.03 Å². The zero-order valence-corrected chi connectivity index (χ0v) is 14.3. The summed E-state index contributed by atoms with van der Waals surface area (Å²) in [4.78, 5) is 11.8. The first-order valence-electron chi connectivity index (χ1n) is 7.84. The number of anilines is 1. The van der Waals surface area contributed by atoms with Crippen molar-refractivity contribution in [3.05, 3.63) is 53.6 Å². The Bertz CT molecular complexity index is 647. The highest BCUT2D eigenvalue weighted by Crippen LogP contribution is 2.23. The van der Waals surface area contributed by atoms with Crippen LogP contribution in [0.25, 0.3) is 0 Å². The van der Waals surface area contributed by atoms with Crippen LogP contribution in [0, 0.1) is 0 Å². The maximum absolute atomic E-state index is 11.8. The third-order valence-electron chi connectivity index (χ3n) is 3.12. The van der Waals surface area contributed by atoms with Crippen molar-refractivity contribution in [2.24, 2.45) is 0 Å². The molecule has 6 heteroatoms. The number of ether oxygens (including phenoxy) is 2. The number of para-hydroxylation sites is 1. The smallest absolute Gasteiger partial charge is 0.319 e. The lowest BCUT2D eigenvalue weighted by atomic mass is 10.3. The molecule has 0 bridgehead atoms. The standard InChI is InChI=1S/C18H21ClN2O3/c1-2-23-15-10-8-14(9-11-15)21-18(22)20-12-5-13-24-17-7-4-3-6-16(17)19/h3-4,6-11H,2,5,12-13H2,1H3,(H2,20,21,22). The van der Waals surface area contributed by atoms with E-state index in [1.165, 1.54) is 0 Å². The highest BCUT2D eigenvalue weighted by atomic mass is 35.5. The van der Waals surface area contributed by atoms with Gasteiger partial charge in [-0.05, 0) is 49.7 Å². The molecule has 0 aliphatic carbocycles. The lowest BCUT2D eigenvalue weighted by Crippen LogP contribution is -2.30. The molecule has 0 spiro atoms. The van der Waals surface area contributed by atoms with Crippen molar-refractivity contribution in [1.82, 2.24) is 5.32 Å². The van der Waals surface area contributed by atoms with Crippen LogP contribution in [0.15, 0.2) is 48.5 Å². The molecule has 0 unspecified atom stereocenters. The number of hydrogen-bond donors (Lipinski definition) is 2. The number of benzene rings is 2. The average Bonchev–Trinajstić information content (AvgIpc) is 2.58. The molecule has 2 aromatic rings. The van der Waals surface area contributed by atoms with Crippen LogP contribution < -0.4 is 20.1 Å². The first-order chi connectivity index (χ1) is 11.7. The minimum atomic E-state index is -0.253. The second-order valence-electron chi connectivity index (χ2n) is 4.97. The Balaban J connectivity index is 1.63. The van der Waals surface area contributed by atoms with Crippen molar-refractivity contribution in [3.63, 3.8) is 0 Å². The fourth-order valence-electron chi connectivity index (χ4n) is 1.99. The molecule has 2 aromatic carbocycles. The summed E-state index contributed by atoms with van der Waals surface area (Å²) >= 11 is 5.99. The van der Waals surface area contributed by atoms with E-state index in [1.807, 2.05) is 37.3 Å². The molecule has 2 rings (SSSR count). The Morgan fingerprint density at radius 1 is 1.08 bits per heavy atom. The molecule has 0 aliphatic heterocycles. The SMILES string of the molecule is CCOc1ccc(NC(=O)NCCCOc2ccccc2Cl)cc1. The van der Waals surface area contributed by atoms with Crippen LogP contribution in [0.3, 0.4) is 0 Å². The lowest BCUT2D eigenvalue weighted by Gasteiger charge is -2.10. The van der Waals surface area contributed by atoms with Gasteiger partial charge in [0.15, 0.2) is 0 Å². The Kier molecular flexibility index (Phi) is 7.23. The Labute approximate surface area is 146 Å². The summed E-state index contributed by atoms with van der Waals surface area (Å²) in [7, 11) is 0. The molecule has 2 amide bonds. The van der Waals surface area contributed by atoms with Gasteiger partial charge in [-0.2, -0.15) is 0 Å². The van der Waals surface area contributed by atoms with Crippen molar-refractivity contribution in [1.29, 1.82) is 0 Å². The molecule has 0 aliphatic rings. The first kappa shape index (κ1) is 17.9. The largest absolute Gasteiger partial charge is 0.494 e. The second-order valence-corrected chi connectivity index (χ2v) is 5.38. The third-order valence-corrected chi connectivity index (χ3v) is 3.44. The molecule has 0 saturated carbocycles. The van der Waals surface area contributed by atoms with Crippen molar-refractivity contribution in [3.8, 4) is 11.5 Å². The van der Waals surface area contributed by atoms with E-state index in [0.717, 1.165) is 5.75 Å². The van der Waals surface area contributed by atoms with E-state index in [0.29, 0.717) is 42.6 Å². The summed E-state index contributed by atoms with van der Waals surface area (Å²) in [6, 6.07) is 14.3. The van der Waals surface area contributed by atoms with Gasteiger partial charge in [0.05, 0.1) is 18.2 Å². The molecule has 24 heavy (non-hydrogen) atoms. The minimum Gasteiger partial charge on any atom is -0.494 e. The number of hydrogen-bond acceptors (Lipinski definition) is 3. The number of nitrogens with one attached hydrogen (secondary N) is 2. The second kappa shape index (κ2) is 9.67. The predicted octanol–water partition coefficient (Wildman–Crippen LogP) is 4.33. The van der Waals surface area contributed by atoms with Gasteiger partial charge in [-0.1, -0.05) is 23.7 Å². The zero-order valence-electron chi connectivity index (χ0n) is 13.5. The van der Waals surface area contributed by atoms with Gasteiger partial charge in [0, 0.05) is 12.2 Å². The normalized spacial score (nSPS) is 10.1. The molecule has 0 aromatic heterocycles. The molecule has 0 fully saturated rings. The maximum atomic E-state index is 11.8. The van der Waals surface area contributed by atoms with Crippen LogP contribution in [0.1, 0.15) is 13.3 Å². The maximum Gasteiger partial charge on any atom is 0.319 e. The first-order valence-corrected chi connectivity index (χ1v) is 8.22. The number of rotatable bonds is 8. The fraction of sp³-hybridized carbons (Fsp3) is 0.278. The molecule has 2 N–H and O–H groups in total. The topological polar surface area (TPSA) is 59.6 Å². The van der Waals surface area contributed by atoms with Crippen LogP contribution >= 0.6 is 11.6 Å². The van der Waals surface area contributed by atoms with E-state index in [9.17, 15) is 4.79 Å². The van der Waals surface area contributed by atoms with E-state index >= 15 is 0 Å². The van der Waals surface area contributed by atoms with Crippen LogP contribution in [0.4, 0.5) is 10.5 Å². The fourth-order valence-corrected chi connectivity index (χ4v) is 2.18. The highest BCUT2D eigenvalue weighted by Gasteiger charge is 2.02. The van der Waals surface area contributed by atoms with Crippen LogP contribution in [0.5, 0.6) is 11.5 Å². The molecule has 0 atom stereocenters. The molecule has 0 saturated heterocycles. The van der Waals surface area contributed by atoms with Gasteiger partial charge < -0.3 is 20.1 Å². The molecular formula is C18H21ClN2O3.